The third-order valence-electron chi connectivity index (χ3n) is 6.89. The van der Waals surface area contributed by atoms with Crippen molar-refractivity contribution >= 4 is 45.4 Å². The van der Waals surface area contributed by atoms with Crippen LogP contribution in [0.4, 0.5) is 9.80 Å². The highest BCUT2D eigenvalue weighted by atomic mass is 32.1. The fourth-order valence-electron chi connectivity index (χ4n) is 5.08. The Labute approximate surface area is 196 Å². The first-order valence-electron chi connectivity index (χ1n) is 11.7. The second-order valence-electron chi connectivity index (χ2n) is 8.95. The highest BCUT2D eigenvalue weighted by Gasteiger charge is 2.32. The number of nitrogens with zero attached hydrogens (tertiary/aromatic N) is 2. The van der Waals surface area contributed by atoms with E-state index in [9.17, 15) is 14.4 Å². The number of nitrogens with one attached hydrogen (secondary N) is 1. The average molecular weight is 472 g/mol. The van der Waals surface area contributed by atoms with Gasteiger partial charge in [-0.25, -0.2) is 4.79 Å². The Morgan fingerprint density at radius 1 is 0.938 bits per heavy atom. The normalized spacial score (nSPS) is 19.1. The lowest BCUT2D eigenvalue weighted by Crippen LogP contribution is -2.47. The highest BCUT2D eigenvalue weighted by molar-refractivity contribution is 7.17. The van der Waals surface area contributed by atoms with E-state index in [0.717, 1.165) is 67.1 Å². The van der Waals surface area contributed by atoms with Crippen LogP contribution in [0.1, 0.15) is 64.2 Å². The van der Waals surface area contributed by atoms with E-state index in [0.29, 0.717) is 31.5 Å². The minimum Gasteiger partial charge on any atom is -0.325 e. The van der Waals surface area contributed by atoms with Crippen LogP contribution in [-0.4, -0.2) is 53.7 Å². The van der Waals surface area contributed by atoms with Crippen LogP contribution in [-0.2, 0) is 17.6 Å². The maximum absolute atomic E-state index is 13.3. The first-order chi connectivity index (χ1) is 15.6. The molecule has 2 aliphatic heterocycles. The van der Waals surface area contributed by atoms with Crippen molar-refractivity contribution in [1.29, 1.82) is 0 Å². The lowest BCUT2D eigenvalue weighted by atomic mass is 9.93. The molecule has 32 heavy (non-hydrogen) atoms. The van der Waals surface area contributed by atoms with Crippen LogP contribution in [0.2, 0.25) is 0 Å². The number of urea groups is 1. The SMILES string of the molecule is O=C(c1cccs1)c1c(NC(=O)C2CCN(C(=O)N3CCCC3)CC2)sc2c1CCCC2. The number of carbonyl (C=O) groups is 3. The van der Waals surface area contributed by atoms with E-state index in [-0.39, 0.29) is 23.6 Å². The Kier molecular flexibility index (Phi) is 6.33. The van der Waals surface area contributed by atoms with Gasteiger partial charge < -0.3 is 15.1 Å². The molecule has 2 saturated heterocycles. The van der Waals surface area contributed by atoms with Crippen LogP contribution in [0.15, 0.2) is 17.5 Å². The number of ketones is 1. The Bertz CT molecular complexity index is 1000. The van der Waals surface area contributed by atoms with Gasteiger partial charge in [-0.2, -0.15) is 0 Å². The number of anilines is 1. The van der Waals surface area contributed by atoms with Gasteiger partial charge in [-0.05, 0) is 68.4 Å². The molecule has 8 heteroatoms. The molecule has 3 aliphatic rings. The van der Waals surface area contributed by atoms with Gasteiger partial charge in [0.25, 0.3) is 0 Å². The lowest BCUT2D eigenvalue weighted by molar-refractivity contribution is -0.121. The van der Waals surface area contributed by atoms with Crippen molar-refractivity contribution in [2.24, 2.45) is 5.92 Å². The maximum atomic E-state index is 13.3. The van der Waals surface area contributed by atoms with Gasteiger partial charge in [0.05, 0.1) is 10.4 Å². The molecule has 1 aliphatic carbocycles. The van der Waals surface area contributed by atoms with Crippen molar-refractivity contribution in [3.05, 3.63) is 38.4 Å². The zero-order valence-corrected chi connectivity index (χ0v) is 19.9. The molecule has 3 amide bonds. The van der Waals surface area contributed by atoms with Gasteiger partial charge >= 0.3 is 6.03 Å². The number of carbonyl (C=O) groups excluding carboxylic acids is 3. The molecule has 0 saturated carbocycles. The Morgan fingerprint density at radius 2 is 1.66 bits per heavy atom. The van der Waals surface area contributed by atoms with Gasteiger partial charge in [0.2, 0.25) is 11.7 Å². The lowest BCUT2D eigenvalue weighted by Gasteiger charge is -2.34. The summed E-state index contributed by atoms with van der Waals surface area (Å²) in [5.74, 6) is -0.112. The molecule has 1 N–H and O–H groups in total. The van der Waals surface area contributed by atoms with Gasteiger partial charge in [0, 0.05) is 37.0 Å². The topological polar surface area (TPSA) is 69.7 Å². The molecule has 4 heterocycles. The molecule has 2 aromatic rings. The molecule has 2 aromatic heterocycles. The number of piperidine rings is 1. The number of likely N-dealkylation sites (tertiary alicyclic amines) is 2. The zero-order valence-electron chi connectivity index (χ0n) is 18.2. The van der Waals surface area contributed by atoms with Gasteiger partial charge in [-0.15, -0.1) is 22.7 Å². The third kappa shape index (κ3) is 4.22. The zero-order chi connectivity index (χ0) is 22.1. The molecule has 5 rings (SSSR count). The Morgan fingerprint density at radius 3 is 2.38 bits per heavy atom. The van der Waals surface area contributed by atoms with E-state index >= 15 is 0 Å². The molecule has 0 bridgehead atoms. The molecule has 0 unspecified atom stereocenters. The van der Waals surface area contributed by atoms with Crippen molar-refractivity contribution in [3.8, 4) is 0 Å². The number of fused-ring (bicyclic) bond motifs is 1. The van der Waals surface area contributed by atoms with Gasteiger partial charge in [0.15, 0.2) is 0 Å². The molecule has 2 fully saturated rings. The van der Waals surface area contributed by atoms with Crippen molar-refractivity contribution in [3.63, 3.8) is 0 Å². The van der Waals surface area contributed by atoms with Crippen LogP contribution in [0.25, 0.3) is 0 Å². The van der Waals surface area contributed by atoms with Crippen LogP contribution in [0.5, 0.6) is 0 Å². The molecule has 0 radical (unpaired) electrons. The number of aryl methyl sites for hydroxylation is 1. The first-order valence-corrected chi connectivity index (χ1v) is 13.4. The third-order valence-corrected chi connectivity index (χ3v) is 8.97. The minimum absolute atomic E-state index is 0.0166. The summed E-state index contributed by atoms with van der Waals surface area (Å²) in [6.07, 6.45) is 7.63. The summed E-state index contributed by atoms with van der Waals surface area (Å²) < 4.78 is 0. The second-order valence-corrected chi connectivity index (χ2v) is 11.0. The highest BCUT2D eigenvalue weighted by Crippen LogP contribution is 2.40. The summed E-state index contributed by atoms with van der Waals surface area (Å²) in [4.78, 5) is 44.8. The minimum atomic E-state index is -0.124. The van der Waals surface area contributed by atoms with Gasteiger partial charge in [-0.3, -0.25) is 9.59 Å². The summed E-state index contributed by atoms with van der Waals surface area (Å²) in [5.41, 5.74) is 1.85. The summed E-state index contributed by atoms with van der Waals surface area (Å²) in [5, 5.41) is 5.77. The average Bonchev–Trinajstić information content (AvgIpc) is 3.59. The first kappa shape index (κ1) is 21.6. The summed E-state index contributed by atoms with van der Waals surface area (Å²) in [6.45, 7) is 2.94. The predicted molar refractivity (Wildman–Crippen MR) is 128 cm³/mol. The smallest absolute Gasteiger partial charge is 0.319 e. The molecule has 170 valence electrons. The van der Waals surface area contributed by atoms with E-state index in [1.54, 1.807) is 11.3 Å². The molecule has 0 spiro atoms. The number of hydrogen-bond donors (Lipinski definition) is 1. The van der Waals surface area contributed by atoms with Crippen molar-refractivity contribution < 1.29 is 14.4 Å². The summed E-state index contributed by atoms with van der Waals surface area (Å²) in [6, 6.07) is 3.88. The fourth-order valence-corrected chi connectivity index (χ4v) is 7.04. The molecule has 0 atom stereocenters. The standard InChI is InChI=1S/C24H29N3O3S2/c28-21(19-8-5-15-31-19)20-17-6-1-2-7-18(17)32-23(20)25-22(29)16-9-13-27(14-10-16)24(30)26-11-3-4-12-26/h5,8,15-16H,1-4,6-7,9-14H2,(H,25,29). The Hall–Kier alpha value is -2.19. The molecular weight excluding hydrogens is 442 g/mol. The quantitative estimate of drug-likeness (QED) is 0.652. The number of rotatable bonds is 4. The number of hydrogen-bond acceptors (Lipinski definition) is 5. The molecule has 0 aromatic carbocycles. The van der Waals surface area contributed by atoms with Crippen LogP contribution in [0, 0.1) is 5.92 Å². The van der Waals surface area contributed by atoms with Crippen molar-refractivity contribution in [2.45, 2.75) is 51.4 Å². The van der Waals surface area contributed by atoms with Crippen LogP contribution in [0.3, 0.4) is 0 Å². The van der Waals surface area contributed by atoms with Gasteiger partial charge in [0.1, 0.15) is 5.00 Å². The Balaban J connectivity index is 1.28. The van der Waals surface area contributed by atoms with Crippen molar-refractivity contribution in [1.82, 2.24) is 9.80 Å². The molecule has 6 nitrogen and oxygen atoms in total. The summed E-state index contributed by atoms with van der Waals surface area (Å²) >= 11 is 3.03. The van der Waals surface area contributed by atoms with E-state index in [2.05, 4.69) is 5.32 Å². The monoisotopic (exact) mass is 471 g/mol. The second kappa shape index (κ2) is 9.35. The maximum Gasteiger partial charge on any atom is 0.319 e. The number of amides is 3. The van der Waals surface area contributed by atoms with Crippen LogP contribution >= 0.6 is 22.7 Å². The summed E-state index contributed by atoms with van der Waals surface area (Å²) in [7, 11) is 0. The molecular formula is C24H29N3O3S2. The van der Waals surface area contributed by atoms with Gasteiger partial charge in [-0.1, -0.05) is 6.07 Å². The van der Waals surface area contributed by atoms with E-state index in [4.69, 9.17) is 0 Å². The van der Waals surface area contributed by atoms with Crippen LogP contribution < -0.4 is 5.32 Å². The van der Waals surface area contributed by atoms with E-state index in [1.165, 1.54) is 16.2 Å². The predicted octanol–water partition coefficient (Wildman–Crippen LogP) is 4.79. The van der Waals surface area contributed by atoms with E-state index < -0.39 is 0 Å². The largest absolute Gasteiger partial charge is 0.325 e. The fraction of sp³-hybridized carbons (Fsp3) is 0.542. The number of thiophene rings is 2. The van der Waals surface area contributed by atoms with E-state index in [1.807, 2.05) is 27.3 Å². The van der Waals surface area contributed by atoms with Crippen molar-refractivity contribution in [2.75, 3.05) is 31.5 Å².